The van der Waals surface area contributed by atoms with E-state index in [1.165, 1.54) is 44.5 Å². The summed E-state index contributed by atoms with van der Waals surface area (Å²) >= 11 is 0. The quantitative estimate of drug-likeness (QED) is 0.220. The van der Waals surface area contributed by atoms with E-state index in [2.05, 4.69) is 136 Å². The molecule has 0 N–H and O–H groups in total. The zero-order valence-corrected chi connectivity index (χ0v) is 25.4. The summed E-state index contributed by atoms with van der Waals surface area (Å²) in [5.74, 6) is 0.115. The largest absolute Gasteiger partial charge is 0.415 e. The van der Waals surface area contributed by atoms with Crippen molar-refractivity contribution in [1.82, 2.24) is 0 Å². The second-order valence-corrected chi connectivity index (χ2v) is 21.7. The molecule has 0 unspecified atom stereocenters. The van der Waals surface area contributed by atoms with E-state index in [9.17, 15) is 0 Å². The topological polar surface area (TPSA) is 18.5 Å². The maximum atomic E-state index is 7.65. The molecule has 6 rings (SSSR count). The summed E-state index contributed by atoms with van der Waals surface area (Å²) in [6.45, 7) is 14.4. The Bertz CT molecular complexity index is 1310. The molecule has 2 aliphatic rings. The van der Waals surface area contributed by atoms with E-state index in [0.717, 1.165) is 0 Å². The van der Waals surface area contributed by atoms with Crippen molar-refractivity contribution in [3.05, 3.63) is 119 Å². The first-order chi connectivity index (χ1) is 18.1. The fraction of sp³-hybridized carbons (Fsp3) is 0.294. The van der Waals surface area contributed by atoms with Crippen molar-refractivity contribution < 1.29 is 8.85 Å². The molecule has 2 nitrogen and oxygen atoms in total. The summed E-state index contributed by atoms with van der Waals surface area (Å²) in [5.41, 5.74) is 10.1. The summed E-state index contributed by atoms with van der Waals surface area (Å²) < 4.78 is 14.6. The number of hydrogen-bond acceptors (Lipinski definition) is 2. The highest BCUT2D eigenvalue weighted by Gasteiger charge is 2.56. The molecule has 0 atom stereocenters. The fourth-order valence-corrected chi connectivity index (χ4v) is 8.84. The first-order valence-corrected chi connectivity index (χ1v) is 20.6. The Labute approximate surface area is 229 Å². The third-order valence-corrected chi connectivity index (χ3v) is 9.87. The summed E-state index contributed by atoms with van der Waals surface area (Å²) in [6, 6.07) is 35.8. The van der Waals surface area contributed by atoms with Gasteiger partial charge in [0.25, 0.3) is 0 Å². The van der Waals surface area contributed by atoms with Crippen LogP contribution in [0.4, 0.5) is 0 Å². The minimum absolute atomic E-state index is 0.0576. The molecule has 0 amide bonds. The lowest BCUT2D eigenvalue weighted by molar-refractivity contribution is -0.0166. The predicted octanol–water partition coefficient (Wildman–Crippen LogP) is 9.05. The molecular weight excluding hydrogens is 497 g/mol. The molecular formula is C34H38O2Si2. The van der Waals surface area contributed by atoms with Gasteiger partial charge in [-0.1, -0.05) is 97.1 Å². The van der Waals surface area contributed by atoms with Crippen molar-refractivity contribution in [2.24, 2.45) is 0 Å². The second kappa shape index (κ2) is 9.16. The van der Waals surface area contributed by atoms with Crippen LogP contribution in [0.5, 0.6) is 0 Å². The van der Waals surface area contributed by atoms with Gasteiger partial charge in [-0.25, -0.2) is 0 Å². The van der Waals surface area contributed by atoms with Gasteiger partial charge in [-0.3, -0.25) is 0 Å². The molecule has 2 aliphatic carbocycles. The third-order valence-electron chi connectivity index (χ3n) is 7.87. The molecule has 0 bridgehead atoms. The van der Waals surface area contributed by atoms with Crippen LogP contribution in [0, 0.1) is 0 Å². The summed E-state index contributed by atoms with van der Waals surface area (Å²) in [6.07, 6.45) is 0. The van der Waals surface area contributed by atoms with Crippen LogP contribution in [0.1, 0.15) is 34.1 Å². The Kier molecular flexibility index (Phi) is 6.15. The Morgan fingerprint density at radius 3 is 1.11 bits per heavy atom. The zero-order valence-electron chi connectivity index (χ0n) is 23.4. The van der Waals surface area contributed by atoms with Gasteiger partial charge in [0.2, 0.25) is 0 Å². The van der Waals surface area contributed by atoms with Crippen LogP contribution in [0.2, 0.25) is 39.3 Å². The van der Waals surface area contributed by atoms with Gasteiger partial charge in [0.05, 0.1) is 12.2 Å². The van der Waals surface area contributed by atoms with Crippen LogP contribution >= 0.6 is 0 Å². The molecule has 4 heteroatoms. The second-order valence-electron chi connectivity index (χ2n) is 12.8. The molecule has 4 aromatic rings. The van der Waals surface area contributed by atoms with Gasteiger partial charge >= 0.3 is 0 Å². The Balaban J connectivity index is 1.69. The van der Waals surface area contributed by atoms with E-state index in [4.69, 9.17) is 8.85 Å². The lowest BCUT2D eigenvalue weighted by atomic mass is 9.69. The highest BCUT2D eigenvalue weighted by molar-refractivity contribution is 6.70. The van der Waals surface area contributed by atoms with Crippen LogP contribution in [0.25, 0.3) is 22.3 Å². The van der Waals surface area contributed by atoms with Crippen LogP contribution in [0.15, 0.2) is 97.1 Å². The van der Waals surface area contributed by atoms with Crippen molar-refractivity contribution in [3.8, 4) is 22.3 Å². The monoisotopic (exact) mass is 534 g/mol. The van der Waals surface area contributed by atoms with E-state index in [0.29, 0.717) is 6.61 Å². The molecule has 4 aromatic carbocycles. The molecule has 38 heavy (non-hydrogen) atoms. The smallest absolute Gasteiger partial charge is 0.184 e. The van der Waals surface area contributed by atoms with Gasteiger partial charge in [-0.15, -0.1) is 0 Å². The van der Waals surface area contributed by atoms with Gasteiger partial charge in [-0.05, 0) is 83.8 Å². The van der Waals surface area contributed by atoms with E-state index in [-0.39, 0.29) is 11.8 Å². The van der Waals surface area contributed by atoms with Gasteiger partial charge in [-0.2, -0.15) is 0 Å². The summed E-state index contributed by atoms with van der Waals surface area (Å²) in [4.78, 5) is 0. The molecule has 0 aliphatic heterocycles. The average molecular weight is 535 g/mol. The van der Waals surface area contributed by atoms with Gasteiger partial charge < -0.3 is 8.85 Å². The van der Waals surface area contributed by atoms with Crippen molar-refractivity contribution >= 4 is 16.6 Å². The molecule has 0 fully saturated rings. The molecule has 0 aromatic heterocycles. The van der Waals surface area contributed by atoms with Crippen molar-refractivity contribution in [2.45, 2.75) is 56.7 Å². The molecule has 0 heterocycles. The zero-order chi connectivity index (χ0) is 26.7. The number of rotatable bonds is 7. The van der Waals surface area contributed by atoms with E-state index in [1.807, 2.05) is 0 Å². The summed E-state index contributed by atoms with van der Waals surface area (Å²) in [5, 5.41) is 0. The fourth-order valence-electron chi connectivity index (χ4n) is 6.74. The molecule has 0 saturated heterocycles. The number of hydrogen-bond donors (Lipinski definition) is 0. The van der Waals surface area contributed by atoms with Crippen molar-refractivity contribution in [3.63, 3.8) is 0 Å². The SMILES string of the molecule is C[Si](C)(C)OCC(O[Si](C)(C)C)(C1c2ccccc2-c2ccccc21)C1c2ccccc2-c2ccccc21. The first-order valence-electron chi connectivity index (χ1n) is 13.8. The normalized spacial score (nSPS) is 15.2. The van der Waals surface area contributed by atoms with E-state index >= 15 is 0 Å². The molecule has 0 spiro atoms. The third kappa shape index (κ3) is 4.24. The predicted molar refractivity (Wildman–Crippen MR) is 164 cm³/mol. The van der Waals surface area contributed by atoms with Crippen LogP contribution in [-0.4, -0.2) is 28.8 Å². The molecule has 0 radical (unpaired) electrons. The Morgan fingerprint density at radius 1 is 0.500 bits per heavy atom. The van der Waals surface area contributed by atoms with Crippen LogP contribution in [-0.2, 0) is 8.85 Å². The molecule has 194 valence electrons. The van der Waals surface area contributed by atoms with Gasteiger partial charge in [0.15, 0.2) is 16.6 Å². The minimum Gasteiger partial charge on any atom is -0.415 e. The average Bonchev–Trinajstić information content (AvgIpc) is 3.40. The van der Waals surface area contributed by atoms with Crippen LogP contribution in [0.3, 0.4) is 0 Å². The lowest BCUT2D eigenvalue weighted by Gasteiger charge is -2.49. The summed E-state index contributed by atoms with van der Waals surface area (Å²) in [7, 11) is -3.95. The highest BCUT2D eigenvalue weighted by atomic mass is 28.4. The standard InChI is InChI=1S/C34H38O2Si2/c1-37(2,3)35-23-34(36-38(4,5)6,32-28-19-11-7-15-24(28)25-16-8-12-20-29(25)32)33-30-21-13-9-17-26(30)27-18-10-14-22-31(27)33/h7-22,32-33H,23H2,1-6H3. The first kappa shape index (κ1) is 25.5. The van der Waals surface area contributed by atoms with E-state index in [1.54, 1.807) is 0 Å². The van der Waals surface area contributed by atoms with Crippen LogP contribution < -0.4 is 0 Å². The Morgan fingerprint density at radius 2 is 0.816 bits per heavy atom. The number of fused-ring (bicyclic) bond motifs is 6. The van der Waals surface area contributed by atoms with Gasteiger partial charge in [0.1, 0.15) is 0 Å². The van der Waals surface area contributed by atoms with Gasteiger partial charge in [0, 0.05) is 11.8 Å². The Hall–Kier alpha value is -2.77. The van der Waals surface area contributed by atoms with Crippen molar-refractivity contribution in [2.75, 3.05) is 6.61 Å². The maximum absolute atomic E-state index is 7.65. The maximum Gasteiger partial charge on any atom is 0.184 e. The minimum atomic E-state index is -2.07. The lowest BCUT2D eigenvalue weighted by Crippen LogP contribution is -2.55. The highest BCUT2D eigenvalue weighted by Crippen LogP contribution is 2.60. The number of benzene rings is 4. The molecule has 0 saturated carbocycles. The van der Waals surface area contributed by atoms with E-state index < -0.39 is 22.2 Å². The van der Waals surface area contributed by atoms with Crippen molar-refractivity contribution in [1.29, 1.82) is 0 Å².